The van der Waals surface area contributed by atoms with Gasteiger partial charge in [-0.3, -0.25) is 0 Å². The van der Waals surface area contributed by atoms with Gasteiger partial charge in [0.25, 0.3) is 0 Å². The number of hydrogen-bond donors (Lipinski definition) is 2. The lowest BCUT2D eigenvalue weighted by molar-refractivity contribution is -0.164. The van der Waals surface area contributed by atoms with Crippen LogP contribution in [0.25, 0.3) is 0 Å². The number of nitrogens with two attached hydrogens (primary N) is 1. The van der Waals surface area contributed by atoms with Gasteiger partial charge in [0.2, 0.25) is 0 Å². The summed E-state index contributed by atoms with van der Waals surface area (Å²) in [6, 6.07) is 7.08. The fourth-order valence-electron chi connectivity index (χ4n) is 1.40. The molecule has 4 nitrogen and oxygen atoms in total. The molecule has 0 heterocycles. The van der Waals surface area contributed by atoms with Gasteiger partial charge in [-0.25, -0.2) is 4.79 Å². The molecule has 94 valence electrons. The van der Waals surface area contributed by atoms with Gasteiger partial charge < -0.3 is 15.6 Å². The van der Waals surface area contributed by atoms with Gasteiger partial charge in [0.15, 0.2) is 6.10 Å². The zero-order valence-electron chi connectivity index (χ0n) is 10.4. The number of ether oxygens (including phenoxy) is 1. The monoisotopic (exact) mass is 237 g/mol. The first-order chi connectivity index (χ1) is 7.78. The molecule has 0 saturated carbocycles. The number of carbonyl (C=O) groups excluding carboxylic acids is 1. The molecule has 4 heteroatoms. The lowest BCUT2D eigenvalue weighted by Gasteiger charge is -2.21. The van der Waals surface area contributed by atoms with Crippen molar-refractivity contribution in [3.63, 3.8) is 0 Å². The van der Waals surface area contributed by atoms with Crippen molar-refractivity contribution < 1.29 is 14.6 Å². The molecule has 1 aromatic rings. The van der Waals surface area contributed by atoms with Crippen molar-refractivity contribution >= 4 is 11.7 Å². The number of benzene rings is 1. The van der Waals surface area contributed by atoms with E-state index in [0.29, 0.717) is 5.69 Å². The van der Waals surface area contributed by atoms with Crippen LogP contribution < -0.4 is 5.73 Å². The number of hydrogen-bond acceptors (Lipinski definition) is 4. The second kappa shape index (κ2) is 5.19. The molecular formula is C13H19NO3. The average Bonchev–Trinajstić information content (AvgIpc) is 2.14. The van der Waals surface area contributed by atoms with Gasteiger partial charge in [-0.1, -0.05) is 12.1 Å². The zero-order valence-corrected chi connectivity index (χ0v) is 10.4. The minimum absolute atomic E-state index is 0.208. The molecule has 1 unspecified atom stereocenters. The van der Waals surface area contributed by atoms with Crippen LogP contribution in [-0.2, 0) is 16.0 Å². The number of anilines is 1. The molecule has 3 N–H and O–H groups in total. The van der Waals surface area contributed by atoms with Crippen molar-refractivity contribution in [1.29, 1.82) is 0 Å². The van der Waals surface area contributed by atoms with Crippen LogP contribution in [0.5, 0.6) is 0 Å². The number of nitrogen functional groups attached to an aromatic ring is 1. The summed E-state index contributed by atoms with van der Waals surface area (Å²) in [6.45, 7) is 5.29. The van der Waals surface area contributed by atoms with Crippen LogP contribution in [-0.4, -0.2) is 22.8 Å². The second-order valence-electron chi connectivity index (χ2n) is 5.00. The number of rotatable bonds is 3. The fraction of sp³-hybridized carbons (Fsp3) is 0.462. The van der Waals surface area contributed by atoms with Gasteiger partial charge in [0.05, 0.1) is 0 Å². The third-order valence-electron chi connectivity index (χ3n) is 2.06. The molecule has 0 saturated heterocycles. The van der Waals surface area contributed by atoms with Crippen LogP contribution in [0.3, 0.4) is 0 Å². The van der Waals surface area contributed by atoms with E-state index in [1.54, 1.807) is 39.0 Å². The van der Waals surface area contributed by atoms with Crippen molar-refractivity contribution in [2.45, 2.75) is 38.9 Å². The van der Waals surface area contributed by atoms with Crippen LogP contribution in [0.2, 0.25) is 0 Å². The summed E-state index contributed by atoms with van der Waals surface area (Å²) in [6.07, 6.45) is -0.948. The van der Waals surface area contributed by atoms with Crippen molar-refractivity contribution in [2.75, 3.05) is 5.73 Å². The molecule has 1 aromatic carbocycles. The van der Waals surface area contributed by atoms with E-state index in [0.717, 1.165) is 5.56 Å². The topological polar surface area (TPSA) is 72.5 Å². The van der Waals surface area contributed by atoms with E-state index in [2.05, 4.69) is 0 Å². The second-order valence-corrected chi connectivity index (χ2v) is 5.00. The summed E-state index contributed by atoms with van der Waals surface area (Å²) in [5.41, 5.74) is 6.44. The van der Waals surface area contributed by atoms with Gasteiger partial charge in [-0.2, -0.15) is 0 Å². The lowest BCUT2D eigenvalue weighted by Crippen LogP contribution is -2.32. The number of aliphatic hydroxyl groups is 1. The first kappa shape index (κ1) is 13.5. The molecule has 0 fully saturated rings. The summed E-state index contributed by atoms with van der Waals surface area (Å²) in [5, 5.41) is 9.71. The molecule has 0 aliphatic carbocycles. The zero-order chi connectivity index (χ0) is 13.1. The van der Waals surface area contributed by atoms with Gasteiger partial charge in [-0.05, 0) is 38.5 Å². The van der Waals surface area contributed by atoms with Gasteiger partial charge in [0, 0.05) is 12.1 Å². The highest BCUT2D eigenvalue weighted by Crippen LogP contribution is 2.13. The van der Waals surface area contributed by atoms with E-state index in [4.69, 9.17) is 10.5 Å². The molecule has 1 atom stereocenters. The van der Waals surface area contributed by atoms with Crippen molar-refractivity contribution in [2.24, 2.45) is 0 Å². The Bertz CT molecular complexity index is 396. The summed E-state index contributed by atoms with van der Waals surface area (Å²) in [4.78, 5) is 11.5. The Morgan fingerprint density at radius 3 is 2.65 bits per heavy atom. The van der Waals surface area contributed by atoms with E-state index < -0.39 is 17.7 Å². The minimum atomic E-state index is -1.16. The quantitative estimate of drug-likeness (QED) is 0.617. The highest BCUT2D eigenvalue weighted by Gasteiger charge is 2.23. The Hall–Kier alpha value is -1.55. The standard InChI is InChI=1S/C13H19NO3/c1-13(2,3)17-12(16)11(15)8-9-5-4-6-10(14)7-9/h4-7,11,15H,8,14H2,1-3H3. The Morgan fingerprint density at radius 2 is 2.12 bits per heavy atom. The average molecular weight is 237 g/mol. The summed E-state index contributed by atoms with van der Waals surface area (Å²) < 4.78 is 5.08. The highest BCUT2D eigenvalue weighted by atomic mass is 16.6. The van der Waals surface area contributed by atoms with Crippen molar-refractivity contribution in [1.82, 2.24) is 0 Å². The van der Waals surface area contributed by atoms with Crippen LogP contribution in [0.1, 0.15) is 26.3 Å². The largest absolute Gasteiger partial charge is 0.458 e. The SMILES string of the molecule is CC(C)(C)OC(=O)C(O)Cc1cccc(N)c1. The van der Waals surface area contributed by atoms with Crippen molar-refractivity contribution in [3.8, 4) is 0 Å². The maximum absolute atomic E-state index is 11.5. The maximum atomic E-state index is 11.5. The predicted molar refractivity (Wildman–Crippen MR) is 66.4 cm³/mol. The van der Waals surface area contributed by atoms with Crippen LogP contribution >= 0.6 is 0 Å². The normalized spacial score (nSPS) is 13.2. The summed E-state index contributed by atoms with van der Waals surface area (Å²) in [5.74, 6) is -0.611. The Kier molecular flexibility index (Phi) is 4.12. The molecule has 0 radical (unpaired) electrons. The molecule has 0 aliphatic rings. The van der Waals surface area contributed by atoms with E-state index in [-0.39, 0.29) is 6.42 Å². The molecule has 0 aliphatic heterocycles. The third-order valence-corrected chi connectivity index (χ3v) is 2.06. The smallest absolute Gasteiger partial charge is 0.335 e. The summed E-state index contributed by atoms with van der Waals surface area (Å²) in [7, 11) is 0. The highest BCUT2D eigenvalue weighted by molar-refractivity contribution is 5.75. The first-order valence-corrected chi connectivity index (χ1v) is 5.53. The Morgan fingerprint density at radius 1 is 1.47 bits per heavy atom. The minimum Gasteiger partial charge on any atom is -0.458 e. The summed E-state index contributed by atoms with van der Waals surface area (Å²) >= 11 is 0. The van der Waals surface area contributed by atoms with Gasteiger partial charge in [0.1, 0.15) is 5.60 Å². The third kappa shape index (κ3) is 4.87. The van der Waals surface area contributed by atoms with Crippen LogP contribution in [0.4, 0.5) is 5.69 Å². The molecule has 1 rings (SSSR count). The van der Waals surface area contributed by atoms with E-state index in [1.165, 1.54) is 0 Å². The number of carbonyl (C=O) groups is 1. The van der Waals surface area contributed by atoms with Crippen molar-refractivity contribution in [3.05, 3.63) is 29.8 Å². The number of aliphatic hydroxyl groups excluding tert-OH is 1. The molecule has 0 amide bonds. The first-order valence-electron chi connectivity index (χ1n) is 5.53. The van der Waals surface area contributed by atoms with Crippen LogP contribution in [0.15, 0.2) is 24.3 Å². The van der Waals surface area contributed by atoms with Gasteiger partial charge >= 0.3 is 5.97 Å². The molecule has 0 bridgehead atoms. The van der Waals surface area contributed by atoms with E-state index in [9.17, 15) is 9.90 Å². The van der Waals surface area contributed by atoms with Crippen LogP contribution in [0, 0.1) is 0 Å². The molecule has 0 aromatic heterocycles. The molecule has 0 spiro atoms. The number of esters is 1. The van der Waals surface area contributed by atoms with E-state index >= 15 is 0 Å². The fourth-order valence-corrected chi connectivity index (χ4v) is 1.40. The Balaban J connectivity index is 2.60. The molecular weight excluding hydrogens is 218 g/mol. The lowest BCUT2D eigenvalue weighted by atomic mass is 10.1. The predicted octanol–water partition coefficient (Wildman–Crippen LogP) is 1.51. The molecule has 17 heavy (non-hydrogen) atoms. The Labute approximate surface area is 101 Å². The van der Waals surface area contributed by atoms with E-state index in [1.807, 2.05) is 6.07 Å². The maximum Gasteiger partial charge on any atom is 0.335 e. The van der Waals surface area contributed by atoms with Gasteiger partial charge in [-0.15, -0.1) is 0 Å².